The molecule has 0 spiro atoms. The SMILES string of the molecule is CC(NC(C)c1ccc2ccccc2c1)C(=O)Nc1ccc(Cl)cc1F. The summed E-state index contributed by atoms with van der Waals surface area (Å²) in [7, 11) is 0. The molecule has 0 fully saturated rings. The van der Waals surface area contributed by atoms with E-state index in [2.05, 4.69) is 34.9 Å². The van der Waals surface area contributed by atoms with Crippen molar-refractivity contribution in [1.29, 1.82) is 0 Å². The Labute approximate surface area is 157 Å². The highest BCUT2D eigenvalue weighted by molar-refractivity contribution is 6.30. The summed E-state index contributed by atoms with van der Waals surface area (Å²) in [6.45, 7) is 3.75. The fraction of sp³-hybridized carbons (Fsp3) is 0.190. The Kier molecular flexibility index (Phi) is 5.55. The molecule has 0 radical (unpaired) electrons. The van der Waals surface area contributed by atoms with Crippen LogP contribution >= 0.6 is 11.6 Å². The summed E-state index contributed by atoms with van der Waals surface area (Å²) in [6.07, 6.45) is 0. The zero-order valence-electron chi connectivity index (χ0n) is 14.6. The molecule has 0 heterocycles. The number of nitrogens with one attached hydrogen (secondary N) is 2. The number of carbonyl (C=O) groups is 1. The summed E-state index contributed by atoms with van der Waals surface area (Å²) in [4.78, 5) is 12.4. The standard InChI is InChI=1S/C21H20ClFN2O/c1-13(16-8-7-15-5-3-4-6-17(15)11-16)24-14(2)21(26)25-20-10-9-18(22)12-19(20)23/h3-14,24H,1-2H3,(H,25,26). The molecule has 3 aromatic carbocycles. The van der Waals surface area contributed by atoms with Crippen molar-refractivity contribution < 1.29 is 9.18 Å². The average Bonchev–Trinajstić information content (AvgIpc) is 2.63. The number of rotatable bonds is 5. The molecule has 0 aromatic heterocycles. The van der Waals surface area contributed by atoms with E-state index in [1.807, 2.05) is 25.1 Å². The number of amides is 1. The van der Waals surface area contributed by atoms with Gasteiger partial charge in [0, 0.05) is 11.1 Å². The maximum atomic E-state index is 13.8. The van der Waals surface area contributed by atoms with E-state index in [0.29, 0.717) is 0 Å². The topological polar surface area (TPSA) is 41.1 Å². The van der Waals surface area contributed by atoms with Crippen molar-refractivity contribution in [3.05, 3.63) is 77.1 Å². The lowest BCUT2D eigenvalue weighted by Crippen LogP contribution is -2.39. The molecule has 2 atom stereocenters. The Morgan fingerprint density at radius 1 is 1.00 bits per heavy atom. The Morgan fingerprint density at radius 2 is 1.73 bits per heavy atom. The maximum absolute atomic E-state index is 13.8. The minimum Gasteiger partial charge on any atom is -0.322 e. The summed E-state index contributed by atoms with van der Waals surface area (Å²) >= 11 is 5.73. The van der Waals surface area contributed by atoms with Gasteiger partial charge in [0.1, 0.15) is 5.82 Å². The Balaban J connectivity index is 1.67. The summed E-state index contributed by atoms with van der Waals surface area (Å²) < 4.78 is 13.8. The van der Waals surface area contributed by atoms with Gasteiger partial charge in [0.2, 0.25) is 5.91 Å². The Hall–Kier alpha value is -2.43. The van der Waals surface area contributed by atoms with E-state index >= 15 is 0 Å². The van der Waals surface area contributed by atoms with E-state index < -0.39 is 11.9 Å². The van der Waals surface area contributed by atoms with Gasteiger partial charge < -0.3 is 5.32 Å². The third kappa shape index (κ3) is 4.21. The first-order valence-electron chi connectivity index (χ1n) is 8.44. The maximum Gasteiger partial charge on any atom is 0.241 e. The van der Waals surface area contributed by atoms with Gasteiger partial charge in [0.15, 0.2) is 0 Å². The van der Waals surface area contributed by atoms with Crippen molar-refractivity contribution in [3.63, 3.8) is 0 Å². The molecule has 1 amide bonds. The summed E-state index contributed by atoms with van der Waals surface area (Å²) in [6, 6.07) is 18.0. The fourth-order valence-corrected chi connectivity index (χ4v) is 3.01. The normalized spacial score (nSPS) is 13.4. The zero-order valence-corrected chi connectivity index (χ0v) is 15.3. The number of hydrogen-bond acceptors (Lipinski definition) is 2. The number of anilines is 1. The van der Waals surface area contributed by atoms with Crippen molar-refractivity contribution in [2.24, 2.45) is 0 Å². The van der Waals surface area contributed by atoms with Crippen molar-refractivity contribution in [2.75, 3.05) is 5.32 Å². The molecule has 134 valence electrons. The van der Waals surface area contributed by atoms with Crippen LogP contribution in [0.3, 0.4) is 0 Å². The third-order valence-corrected chi connectivity index (χ3v) is 4.59. The van der Waals surface area contributed by atoms with Crippen LogP contribution in [0.15, 0.2) is 60.7 Å². The van der Waals surface area contributed by atoms with Gasteiger partial charge in [-0.3, -0.25) is 10.1 Å². The minimum atomic E-state index is -0.555. The summed E-state index contributed by atoms with van der Waals surface area (Å²) in [5, 5.41) is 8.45. The lowest BCUT2D eigenvalue weighted by molar-refractivity contribution is -0.118. The average molecular weight is 371 g/mol. The first-order valence-corrected chi connectivity index (χ1v) is 8.82. The van der Waals surface area contributed by atoms with Crippen LogP contribution in [0.2, 0.25) is 5.02 Å². The van der Waals surface area contributed by atoms with Crippen LogP contribution in [0.1, 0.15) is 25.5 Å². The van der Waals surface area contributed by atoms with Crippen LogP contribution in [0.4, 0.5) is 10.1 Å². The van der Waals surface area contributed by atoms with Gasteiger partial charge >= 0.3 is 0 Å². The van der Waals surface area contributed by atoms with Gasteiger partial charge in [0.25, 0.3) is 0 Å². The van der Waals surface area contributed by atoms with Crippen LogP contribution < -0.4 is 10.6 Å². The summed E-state index contributed by atoms with van der Waals surface area (Å²) in [5.41, 5.74) is 1.20. The first-order chi connectivity index (χ1) is 12.4. The van der Waals surface area contributed by atoms with Crippen molar-refractivity contribution >= 4 is 34.0 Å². The minimum absolute atomic E-state index is 0.0320. The smallest absolute Gasteiger partial charge is 0.241 e. The van der Waals surface area contributed by atoms with Gasteiger partial charge in [0.05, 0.1) is 11.7 Å². The van der Waals surface area contributed by atoms with Crippen LogP contribution in [-0.2, 0) is 4.79 Å². The fourth-order valence-electron chi connectivity index (χ4n) is 2.86. The predicted octanol–water partition coefficient (Wildman–Crippen LogP) is 5.31. The molecule has 2 N–H and O–H groups in total. The van der Waals surface area contributed by atoms with Gasteiger partial charge in [-0.25, -0.2) is 4.39 Å². The monoisotopic (exact) mass is 370 g/mol. The molecule has 0 saturated carbocycles. The van der Waals surface area contributed by atoms with E-state index in [-0.39, 0.29) is 22.7 Å². The van der Waals surface area contributed by atoms with Crippen molar-refractivity contribution in [1.82, 2.24) is 5.32 Å². The van der Waals surface area contributed by atoms with Crippen molar-refractivity contribution in [3.8, 4) is 0 Å². The Morgan fingerprint density at radius 3 is 2.46 bits per heavy atom. The quantitative estimate of drug-likeness (QED) is 0.639. The molecule has 5 heteroatoms. The first kappa shape index (κ1) is 18.4. The number of benzene rings is 3. The van der Waals surface area contributed by atoms with Crippen molar-refractivity contribution in [2.45, 2.75) is 25.9 Å². The second-order valence-electron chi connectivity index (χ2n) is 6.33. The van der Waals surface area contributed by atoms with Crippen LogP contribution in [0.25, 0.3) is 10.8 Å². The molecule has 3 aromatic rings. The number of carbonyl (C=O) groups excluding carboxylic acids is 1. The van der Waals surface area contributed by atoms with Gasteiger partial charge in [-0.1, -0.05) is 48.0 Å². The largest absolute Gasteiger partial charge is 0.322 e. The molecule has 0 saturated heterocycles. The van der Waals surface area contributed by atoms with E-state index in [9.17, 15) is 9.18 Å². The predicted molar refractivity (Wildman–Crippen MR) is 105 cm³/mol. The van der Waals surface area contributed by atoms with E-state index in [0.717, 1.165) is 10.9 Å². The van der Waals surface area contributed by atoms with Gasteiger partial charge in [-0.2, -0.15) is 0 Å². The van der Waals surface area contributed by atoms with Gasteiger partial charge in [-0.15, -0.1) is 0 Å². The second-order valence-corrected chi connectivity index (χ2v) is 6.77. The molecule has 2 unspecified atom stereocenters. The molecule has 0 aliphatic carbocycles. The van der Waals surface area contributed by atoms with Gasteiger partial charge in [-0.05, 0) is 54.4 Å². The number of halogens is 2. The highest BCUT2D eigenvalue weighted by atomic mass is 35.5. The molecule has 3 nitrogen and oxygen atoms in total. The highest BCUT2D eigenvalue weighted by Gasteiger charge is 2.18. The highest BCUT2D eigenvalue weighted by Crippen LogP contribution is 2.21. The molecule has 0 bridgehead atoms. The van der Waals surface area contributed by atoms with Crippen LogP contribution in [0.5, 0.6) is 0 Å². The molecular weight excluding hydrogens is 351 g/mol. The van der Waals surface area contributed by atoms with Crippen LogP contribution in [-0.4, -0.2) is 11.9 Å². The van der Waals surface area contributed by atoms with Crippen LogP contribution in [0, 0.1) is 5.82 Å². The summed E-state index contributed by atoms with van der Waals surface area (Å²) in [5.74, 6) is -0.862. The molecule has 0 aliphatic heterocycles. The number of hydrogen-bond donors (Lipinski definition) is 2. The lowest BCUT2D eigenvalue weighted by atomic mass is 10.0. The van der Waals surface area contributed by atoms with E-state index in [1.54, 1.807) is 6.92 Å². The van der Waals surface area contributed by atoms with E-state index in [1.165, 1.54) is 23.6 Å². The second kappa shape index (κ2) is 7.85. The third-order valence-electron chi connectivity index (χ3n) is 4.36. The number of fused-ring (bicyclic) bond motifs is 1. The molecular formula is C21H20ClFN2O. The molecule has 3 rings (SSSR count). The lowest BCUT2D eigenvalue weighted by Gasteiger charge is -2.20. The zero-order chi connectivity index (χ0) is 18.7. The Bertz CT molecular complexity index is 944. The van der Waals surface area contributed by atoms with E-state index in [4.69, 9.17) is 11.6 Å². The molecule has 26 heavy (non-hydrogen) atoms. The molecule has 0 aliphatic rings.